The molecule has 8 heteroatoms. The standard InChI is InChI=1S/C17H26ClN3O2S.ClH/c1-2-3-14-4-5-16(18)17(12-14)24(22,23)21-9-6-15(13-21)20-10-7-19-8-11-20;/h4-5,12,15,19H,2-3,6-11,13H2,1H3;1H. The van der Waals surface area contributed by atoms with Crippen molar-refractivity contribution in [3.8, 4) is 0 Å². The molecule has 1 aromatic carbocycles. The van der Waals surface area contributed by atoms with Gasteiger partial charge in [0, 0.05) is 45.3 Å². The molecule has 2 heterocycles. The Bertz CT molecular complexity index is 678. The van der Waals surface area contributed by atoms with Crippen LogP contribution >= 0.6 is 24.0 Å². The Labute approximate surface area is 162 Å². The third-order valence-electron chi connectivity index (χ3n) is 4.95. The molecule has 0 aliphatic carbocycles. The van der Waals surface area contributed by atoms with E-state index in [1.807, 2.05) is 6.07 Å². The van der Waals surface area contributed by atoms with Gasteiger partial charge in [0.15, 0.2) is 0 Å². The predicted octanol–water partition coefficient (Wildman–Crippen LogP) is 2.38. The van der Waals surface area contributed by atoms with Crippen molar-refractivity contribution in [2.45, 2.75) is 37.1 Å². The van der Waals surface area contributed by atoms with E-state index < -0.39 is 10.0 Å². The van der Waals surface area contributed by atoms with Crippen molar-refractivity contribution in [1.82, 2.24) is 14.5 Å². The average Bonchev–Trinajstić information content (AvgIpc) is 3.08. The minimum atomic E-state index is -3.52. The molecular formula is C17H27Cl2N3O2S. The van der Waals surface area contributed by atoms with Crippen molar-refractivity contribution < 1.29 is 8.42 Å². The van der Waals surface area contributed by atoms with Gasteiger partial charge < -0.3 is 5.32 Å². The van der Waals surface area contributed by atoms with E-state index in [2.05, 4.69) is 17.1 Å². The number of sulfonamides is 1. The van der Waals surface area contributed by atoms with Gasteiger partial charge in [-0.15, -0.1) is 12.4 Å². The van der Waals surface area contributed by atoms with Crippen molar-refractivity contribution in [3.63, 3.8) is 0 Å². The number of nitrogens with zero attached hydrogens (tertiary/aromatic N) is 2. The summed E-state index contributed by atoms with van der Waals surface area (Å²) in [5.41, 5.74) is 1.03. The highest BCUT2D eigenvalue weighted by atomic mass is 35.5. The fourth-order valence-corrected chi connectivity index (χ4v) is 5.62. The molecule has 0 spiro atoms. The van der Waals surface area contributed by atoms with Crippen LogP contribution in [-0.4, -0.2) is 62.9 Å². The topological polar surface area (TPSA) is 52.7 Å². The molecule has 2 saturated heterocycles. The van der Waals surface area contributed by atoms with Crippen LogP contribution in [0.25, 0.3) is 0 Å². The SMILES string of the molecule is CCCc1ccc(Cl)c(S(=O)(=O)N2CCC(N3CCNCC3)C2)c1.Cl. The van der Waals surface area contributed by atoms with Crippen LogP contribution in [0.4, 0.5) is 0 Å². The molecule has 1 atom stereocenters. The summed E-state index contributed by atoms with van der Waals surface area (Å²) in [6.45, 7) is 7.17. The van der Waals surface area contributed by atoms with Gasteiger partial charge in [0.2, 0.25) is 10.0 Å². The number of hydrogen-bond donors (Lipinski definition) is 1. The zero-order valence-corrected chi connectivity index (χ0v) is 17.0. The lowest BCUT2D eigenvalue weighted by atomic mass is 10.1. The van der Waals surface area contributed by atoms with Gasteiger partial charge in [-0.25, -0.2) is 8.42 Å². The average molecular weight is 408 g/mol. The van der Waals surface area contributed by atoms with E-state index in [4.69, 9.17) is 11.6 Å². The minimum absolute atomic E-state index is 0. The van der Waals surface area contributed by atoms with Crippen molar-refractivity contribution >= 4 is 34.0 Å². The van der Waals surface area contributed by atoms with Crippen LogP contribution in [0.1, 0.15) is 25.3 Å². The lowest BCUT2D eigenvalue weighted by Crippen LogP contribution is -2.49. The summed E-state index contributed by atoms with van der Waals surface area (Å²) in [5, 5.41) is 3.66. The molecule has 0 amide bonds. The lowest BCUT2D eigenvalue weighted by Gasteiger charge is -2.32. The maximum Gasteiger partial charge on any atom is 0.244 e. The van der Waals surface area contributed by atoms with Crippen LogP contribution < -0.4 is 5.32 Å². The largest absolute Gasteiger partial charge is 0.314 e. The molecule has 142 valence electrons. The number of hydrogen-bond acceptors (Lipinski definition) is 4. The summed E-state index contributed by atoms with van der Waals surface area (Å²) in [6.07, 6.45) is 2.74. The highest BCUT2D eigenvalue weighted by molar-refractivity contribution is 7.89. The zero-order chi connectivity index (χ0) is 17.2. The van der Waals surface area contributed by atoms with Gasteiger partial charge in [0.25, 0.3) is 0 Å². The van der Waals surface area contributed by atoms with Gasteiger partial charge in [-0.2, -0.15) is 4.31 Å². The zero-order valence-electron chi connectivity index (χ0n) is 14.6. The maximum absolute atomic E-state index is 13.1. The molecule has 0 saturated carbocycles. The first-order valence-electron chi connectivity index (χ1n) is 8.75. The molecule has 3 rings (SSSR count). The highest BCUT2D eigenvalue weighted by Crippen LogP contribution is 2.29. The smallest absolute Gasteiger partial charge is 0.244 e. The Morgan fingerprint density at radius 3 is 2.64 bits per heavy atom. The number of rotatable bonds is 5. The molecule has 25 heavy (non-hydrogen) atoms. The predicted molar refractivity (Wildman–Crippen MR) is 104 cm³/mol. The molecule has 2 aliphatic rings. The third kappa shape index (κ3) is 4.67. The summed E-state index contributed by atoms with van der Waals surface area (Å²) in [6, 6.07) is 5.69. The van der Waals surface area contributed by atoms with E-state index in [1.165, 1.54) is 0 Å². The molecule has 0 bridgehead atoms. The molecular weight excluding hydrogens is 381 g/mol. The van der Waals surface area contributed by atoms with Crippen LogP contribution in [-0.2, 0) is 16.4 Å². The van der Waals surface area contributed by atoms with Crippen LogP contribution in [0.15, 0.2) is 23.1 Å². The molecule has 1 N–H and O–H groups in total. The number of halogens is 2. The molecule has 2 fully saturated rings. The van der Waals surface area contributed by atoms with Gasteiger partial charge in [0.05, 0.1) is 5.02 Å². The van der Waals surface area contributed by atoms with Gasteiger partial charge in [-0.05, 0) is 30.5 Å². The second kappa shape index (κ2) is 9.02. The Kier molecular flexibility index (Phi) is 7.55. The van der Waals surface area contributed by atoms with Gasteiger partial charge in [-0.1, -0.05) is 31.0 Å². The van der Waals surface area contributed by atoms with Crippen molar-refractivity contribution in [1.29, 1.82) is 0 Å². The third-order valence-corrected chi connectivity index (χ3v) is 7.29. The molecule has 0 aromatic heterocycles. The van der Waals surface area contributed by atoms with E-state index in [-0.39, 0.29) is 17.3 Å². The minimum Gasteiger partial charge on any atom is -0.314 e. The first-order valence-corrected chi connectivity index (χ1v) is 10.6. The lowest BCUT2D eigenvalue weighted by molar-refractivity contribution is 0.179. The molecule has 5 nitrogen and oxygen atoms in total. The van der Waals surface area contributed by atoms with Gasteiger partial charge in [-0.3, -0.25) is 4.90 Å². The fraction of sp³-hybridized carbons (Fsp3) is 0.647. The van der Waals surface area contributed by atoms with E-state index in [0.717, 1.165) is 51.0 Å². The molecule has 1 unspecified atom stereocenters. The Hall–Kier alpha value is -0.370. The monoisotopic (exact) mass is 407 g/mol. The number of aryl methyl sites for hydroxylation is 1. The fourth-order valence-electron chi connectivity index (χ4n) is 3.60. The van der Waals surface area contributed by atoms with Gasteiger partial charge in [0.1, 0.15) is 4.90 Å². The van der Waals surface area contributed by atoms with E-state index in [1.54, 1.807) is 16.4 Å². The summed E-state index contributed by atoms with van der Waals surface area (Å²) in [7, 11) is -3.52. The summed E-state index contributed by atoms with van der Waals surface area (Å²) in [4.78, 5) is 2.66. The summed E-state index contributed by atoms with van der Waals surface area (Å²) in [5.74, 6) is 0. The Morgan fingerprint density at radius 2 is 1.96 bits per heavy atom. The van der Waals surface area contributed by atoms with Crippen molar-refractivity contribution in [2.24, 2.45) is 0 Å². The Balaban J connectivity index is 0.00000225. The molecule has 2 aliphatic heterocycles. The summed E-state index contributed by atoms with van der Waals surface area (Å²) < 4.78 is 27.7. The quantitative estimate of drug-likeness (QED) is 0.813. The maximum atomic E-state index is 13.1. The second-order valence-electron chi connectivity index (χ2n) is 6.61. The van der Waals surface area contributed by atoms with Crippen LogP contribution in [0.3, 0.4) is 0 Å². The van der Waals surface area contributed by atoms with E-state index in [0.29, 0.717) is 24.2 Å². The highest BCUT2D eigenvalue weighted by Gasteiger charge is 2.36. The van der Waals surface area contributed by atoms with E-state index >= 15 is 0 Å². The van der Waals surface area contributed by atoms with Crippen LogP contribution in [0, 0.1) is 0 Å². The molecule has 0 radical (unpaired) electrons. The Morgan fingerprint density at radius 1 is 1.24 bits per heavy atom. The number of piperazine rings is 1. The first-order chi connectivity index (χ1) is 11.5. The van der Waals surface area contributed by atoms with Crippen molar-refractivity contribution in [3.05, 3.63) is 28.8 Å². The van der Waals surface area contributed by atoms with Crippen LogP contribution in [0.5, 0.6) is 0 Å². The first kappa shape index (κ1) is 20.9. The number of nitrogens with one attached hydrogen (secondary N) is 1. The normalized spacial score (nSPS) is 22.7. The molecule has 1 aromatic rings. The number of benzene rings is 1. The van der Waals surface area contributed by atoms with E-state index in [9.17, 15) is 8.42 Å². The van der Waals surface area contributed by atoms with Gasteiger partial charge >= 0.3 is 0 Å². The summed E-state index contributed by atoms with van der Waals surface area (Å²) >= 11 is 6.22. The second-order valence-corrected chi connectivity index (χ2v) is 8.92. The van der Waals surface area contributed by atoms with Crippen molar-refractivity contribution in [2.75, 3.05) is 39.3 Å². The van der Waals surface area contributed by atoms with Crippen LogP contribution in [0.2, 0.25) is 5.02 Å².